The van der Waals surface area contributed by atoms with Crippen LogP contribution in [-0.2, 0) is 0 Å². The summed E-state index contributed by atoms with van der Waals surface area (Å²) in [5, 5.41) is 7.48. The summed E-state index contributed by atoms with van der Waals surface area (Å²) >= 11 is 5.50. The molecule has 2 fully saturated rings. The average Bonchev–Trinajstić information content (AvgIpc) is 3.15. The van der Waals surface area contributed by atoms with Crippen LogP contribution in [0.5, 0.6) is 11.5 Å². The molecule has 4 nitrogen and oxygen atoms in total. The van der Waals surface area contributed by atoms with Crippen LogP contribution < -0.4 is 20.1 Å². The monoisotopic (exact) mass is 346 g/mol. The molecule has 2 aliphatic carbocycles. The van der Waals surface area contributed by atoms with Crippen LogP contribution in [0.1, 0.15) is 58.3 Å². The van der Waals surface area contributed by atoms with E-state index in [1.165, 1.54) is 38.5 Å². The lowest BCUT2D eigenvalue weighted by molar-refractivity contribution is -0.0716. The molecule has 4 rings (SSSR count). The van der Waals surface area contributed by atoms with Gasteiger partial charge in [0.15, 0.2) is 16.6 Å². The zero-order valence-corrected chi connectivity index (χ0v) is 15.1. The quantitative estimate of drug-likeness (QED) is 0.767. The Bertz CT molecular complexity index is 628. The van der Waals surface area contributed by atoms with E-state index < -0.39 is 5.79 Å². The molecule has 24 heavy (non-hydrogen) atoms. The molecule has 2 atom stereocenters. The van der Waals surface area contributed by atoms with Crippen LogP contribution in [-0.4, -0.2) is 16.9 Å². The third-order valence-electron chi connectivity index (χ3n) is 5.59. The molecular weight excluding hydrogens is 320 g/mol. The van der Waals surface area contributed by atoms with Crippen molar-refractivity contribution < 1.29 is 9.47 Å². The second-order valence-corrected chi connectivity index (χ2v) is 7.86. The van der Waals surface area contributed by atoms with E-state index in [4.69, 9.17) is 21.7 Å². The summed E-state index contributed by atoms with van der Waals surface area (Å²) in [5.41, 5.74) is 0.952. The van der Waals surface area contributed by atoms with Gasteiger partial charge in [-0.05, 0) is 56.0 Å². The summed E-state index contributed by atoms with van der Waals surface area (Å²) in [6.45, 7) is 2.31. The van der Waals surface area contributed by atoms with Crippen molar-refractivity contribution in [3.63, 3.8) is 0 Å². The molecule has 0 amide bonds. The predicted octanol–water partition coefficient (Wildman–Crippen LogP) is 4.59. The van der Waals surface area contributed by atoms with E-state index in [2.05, 4.69) is 17.6 Å². The summed E-state index contributed by atoms with van der Waals surface area (Å²) in [5.74, 6) is 1.95. The van der Waals surface area contributed by atoms with Gasteiger partial charge < -0.3 is 20.1 Å². The van der Waals surface area contributed by atoms with E-state index in [1.807, 2.05) is 18.2 Å². The fourth-order valence-electron chi connectivity index (χ4n) is 4.16. The van der Waals surface area contributed by atoms with Crippen LogP contribution in [0.4, 0.5) is 5.69 Å². The van der Waals surface area contributed by atoms with Gasteiger partial charge in [-0.3, -0.25) is 0 Å². The van der Waals surface area contributed by atoms with E-state index in [0.717, 1.165) is 30.0 Å². The van der Waals surface area contributed by atoms with Crippen molar-refractivity contribution in [1.29, 1.82) is 0 Å². The molecule has 1 aromatic rings. The highest BCUT2D eigenvalue weighted by Crippen LogP contribution is 2.47. The third-order valence-corrected chi connectivity index (χ3v) is 5.81. The second kappa shape index (κ2) is 6.43. The summed E-state index contributed by atoms with van der Waals surface area (Å²) in [6.07, 6.45) is 9.41. The van der Waals surface area contributed by atoms with E-state index in [9.17, 15) is 0 Å². The van der Waals surface area contributed by atoms with E-state index in [1.54, 1.807) is 0 Å². The largest absolute Gasteiger partial charge is 0.448 e. The van der Waals surface area contributed by atoms with Gasteiger partial charge in [0.1, 0.15) is 0 Å². The minimum atomic E-state index is -0.406. The van der Waals surface area contributed by atoms with Crippen LogP contribution in [0.2, 0.25) is 0 Å². The molecule has 1 aliphatic heterocycles. The number of hydrogen-bond donors (Lipinski definition) is 2. The van der Waals surface area contributed by atoms with E-state index in [0.29, 0.717) is 17.1 Å². The number of fused-ring (bicyclic) bond motifs is 1. The minimum absolute atomic E-state index is 0.406. The number of ether oxygens (including phenoxy) is 2. The zero-order valence-electron chi connectivity index (χ0n) is 14.3. The lowest BCUT2D eigenvalue weighted by atomic mass is 9.86. The van der Waals surface area contributed by atoms with Gasteiger partial charge in [-0.1, -0.05) is 19.8 Å². The Morgan fingerprint density at radius 1 is 1.08 bits per heavy atom. The SMILES string of the molecule is C[C@H]1CCCC[C@@H]1NC(=S)Nc1ccc2c(c1)OC1(CCCC1)O2. The molecule has 0 saturated heterocycles. The van der Waals surface area contributed by atoms with Gasteiger partial charge in [0.05, 0.1) is 0 Å². The van der Waals surface area contributed by atoms with Gasteiger partial charge >= 0.3 is 0 Å². The highest BCUT2D eigenvalue weighted by atomic mass is 32.1. The molecule has 1 spiro atoms. The first-order chi connectivity index (χ1) is 11.6. The van der Waals surface area contributed by atoms with Crippen molar-refractivity contribution >= 4 is 23.0 Å². The number of thiocarbonyl (C=S) groups is 1. The van der Waals surface area contributed by atoms with Gasteiger partial charge in [-0.25, -0.2) is 0 Å². The van der Waals surface area contributed by atoms with E-state index in [-0.39, 0.29) is 0 Å². The van der Waals surface area contributed by atoms with Crippen LogP contribution in [0.25, 0.3) is 0 Å². The molecule has 0 unspecified atom stereocenters. The van der Waals surface area contributed by atoms with Gasteiger partial charge in [-0.2, -0.15) is 0 Å². The number of rotatable bonds is 2. The first kappa shape index (κ1) is 16.0. The lowest BCUT2D eigenvalue weighted by Gasteiger charge is -2.30. The predicted molar refractivity (Wildman–Crippen MR) is 99.7 cm³/mol. The fraction of sp³-hybridized carbons (Fsp3) is 0.632. The Morgan fingerprint density at radius 2 is 1.83 bits per heavy atom. The van der Waals surface area contributed by atoms with Crippen molar-refractivity contribution in [1.82, 2.24) is 5.32 Å². The molecule has 2 saturated carbocycles. The van der Waals surface area contributed by atoms with Crippen molar-refractivity contribution in [2.45, 2.75) is 70.1 Å². The summed E-state index contributed by atoms with van der Waals surface area (Å²) in [6, 6.07) is 6.47. The second-order valence-electron chi connectivity index (χ2n) is 7.45. The van der Waals surface area contributed by atoms with Crippen molar-refractivity contribution in [2.75, 3.05) is 5.32 Å². The van der Waals surface area contributed by atoms with E-state index >= 15 is 0 Å². The first-order valence-electron chi connectivity index (χ1n) is 9.23. The van der Waals surface area contributed by atoms with Crippen LogP contribution in [0, 0.1) is 5.92 Å². The number of anilines is 1. The van der Waals surface area contributed by atoms with Crippen LogP contribution in [0.3, 0.4) is 0 Å². The molecule has 1 heterocycles. The smallest absolute Gasteiger partial charge is 0.251 e. The molecule has 5 heteroatoms. The molecule has 0 bridgehead atoms. The molecule has 1 aromatic carbocycles. The number of hydrogen-bond acceptors (Lipinski definition) is 3. The molecule has 2 N–H and O–H groups in total. The number of benzene rings is 1. The standard InChI is InChI=1S/C19H26N2O2S/c1-13-6-2-3-7-15(13)21-18(24)20-14-8-9-16-17(12-14)23-19(22-16)10-4-5-11-19/h8-9,12-13,15H,2-7,10-11H2,1H3,(H2,20,21,24)/t13-,15-/m0/s1. The van der Waals surface area contributed by atoms with Gasteiger partial charge in [0.2, 0.25) is 0 Å². The van der Waals surface area contributed by atoms with Gasteiger partial charge in [0, 0.05) is 30.6 Å². The molecule has 0 aromatic heterocycles. The molecule has 3 aliphatic rings. The average molecular weight is 346 g/mol. The summed E-state index contributed by atoms with van der Waals surface area (Å²) in [4.78, 5) is 0. The Hall–Kier alpha value is -1.49. The van der Waals surface area contributed by atoms with Crippen molar-refractivity contribution in [3.8, 4) is 11.5 Å². The van der Waals surface area contributed by atoms with Crippen LogP contribution >= 0.6 is 12.2 Å². The maximum atomic E-state index is 6.12. The molecule has 130 valence electrons. The van der Waals surface area contributed by atoms with Gasteiger partial charge in [0.25, 0.3) is 5.79 Å². The minimum Gasteiger partial charge on any atom is -0.448 e. The Kier molecular flexibility index (Phi) is 4.29. The summed E-state index contributed by atoms with van der Waals surface area (Å²) in [7, 11) is 0. The maximum absolute atomic E-state index is 6.12. The normalized spacial score (nSPS) is 27.2. The topological polar surface area (TPSA) is 42.5 Å². The summed E-state index contributed by atoms with van der Waals surface area (Å²) < 4.78 is 12.2. The maximum Gasteiger partial charge on any atom is 0.251 e. The first-order valence-corrected chi connectivity index (χ1v) is 9.64. The lowest BCUT2D eigenvalue weighted by Crippen LogP contribution is -2.43. The Morgan fingerprint density at radius 3 is 2.62 bits per heavy atom. The Balaban J connectivity index is 1.38. The van der Waals surface area contributed by atoms with Gasteiger partial charge in [-0.15, -0.1) is 0 Å². The molecular formula is C19H26N2O2S. The highest BCUT2D eigenvalue weighted by Gasteiger charge is 2.44. The number of nitrogens with one attached hydrogen (secondary N) is 2. The third kappa shape index (κ3) is 3.18. The van der Waals surface area contributed by atoms with Crippen molar-refractivity contribution in [3.05, 3.63) is 18.2 Å². The highest BCUT2D eigenvalue weighted by molar-refractivity contribution is 7.80. The zero-order chi connectivity index (χ0) is 16.6. The Labute approximate surface area is 149 Å². The van der Waals surface area contributed by atoms with Crippen LogP contribution in [0.15, 0.2) is 18.2 Å². The molecule has 0 radical (unpaired) electrons. The van der Waals surface area contributed by atoms with Crippen molar-refractivity contribution in [2.24, 2.45) is 5.92 Å². The fourth-order valence-corrected chi connectivity index (χ4v) is 4.42.